The van der Waals surface area contributed by atoms with Crippen LogP contribution in [0.2, 0.25) is 0 Å². The van der Waals surface area contributed by atoms with Gasteiger partial charge in [-0.25, -0.2) is 4.79 Å². The molecule has 0 aromatic heterocycles. The normalized spacial score (nSPS) is 34.4. The number of ketones is 1. The molecule has 132 valence electrons. The van der Waals surface area contributed by atoms with Crippen molar-refractivity contribution in [3.63, 3.8) is 0 Å². The van der Waals surface area contributed by atoms with Crippen molar-refractivity contribution in [2.75, 3.05) is 0 Å². The van der Waals surface area contributed by atoms with Gasteiger partial charge in [-0.05, 0) is 25.2 Å². The third-order valence-electron chi connectivity index (χ3n) is 5.92. The molecule has 5 heteroatoms. The number of ether oxygens (including phenoxy) is 2. The Kier molecular flexibility index (Phi) is 4.54. The molecule has 2 saturated carbocycles. The molecule has 0 N–H and O–H groups in total. The number of rotatable bonds is 6. The Morgan fingerprint density at radius 1 is 1.29 bits per heavy atom. The van der Waals surface area contributed by atoms with Gasteiger partial charge in [-0.15, -0.1) is 0 Å². The van der Waals surface area contributed by atoms with E-state index in [4.69, 9.17) is 9.47 Å². The van der Waals surface area contributed by atoms with Gasteiger partial charge in [0.05, 0.1) is 0 Å². The summed E-state index contributed by atoms with van der Waals surface area (Å²) in [6.45, 7) is 5.51. The van der Waals surface area contributed by atoms with Gasteiger partial charge in [0.25, 0.3) is 0 Å². The number of unbranched alkanes of at least 4 members (excludes halogenated alkanes) is 3. The first-order valence-electron chi connectivity index (χ1n) is 9.04. The Morgan fingerprint density at radius 2 is 2.04 bits per heavy atom. The third-order valence-corrected chi connectivity index (χ3v) is 5.92. The van der Waals surface area contributed by atoms with Gasteiger partial charge in [0.1, 0.15) is 12.2 Å². The van der Waals surface area contributed by atoms with E-state index in [1.54, 1.807) is 0 Å². The van der Waals surface area contributed by atoms with Crippen LogP contribution >= 0.6 is 0 Å². The average Bonchev–Trinajstić information content (AvgIpc) is 2.90. The number of carbonyl (C=O) groups is 3. The van der Waals surface area contributed by atoms with E-state index in [1.807, 2.05) is 6.92 Å². The van der Waals surface area contributed by atoms with Crippen molar-refractivity contribution in [1.82, 2.24) is 0 Å². The summed E-state index contributed by atoms with van der Waals surface area (Å²) in [6, 6.07) is 0. The van der Waals surface area contributed by atoms with Gasteiger partial charge in [-0.2, -0.15) is 0 Å². The summed E-state index contributed by atoms with van der Waals surface area (Å²) in [4.78, 5) is 36.5. The molecule has 1 heterocycles. The van der Waals surface area contributed by atoms with Crippen LogP contribution in [-0.4, -0.2) is 29.9 Å². The molecule has 2 aliphatic carbocycles. The molecule has 0 aromatic rings. The summed E-state index contributed by atoms with van der Waals surface area (Å²) in [5, 5.41) is 0. The Bertz CT molecular complexity index is 605. The molecule has 0 aromatic carbocycles. The topological polar surface area (TPSA) is 69.7 Å². The minimum absolute atomic E-state index is 0.0796. The second-order valence-electron chi connectivity index (χ2n) is 7.48. The van der Waals surface area contributed by atoms with Crippen molar-refractivity contribution in [1.29, 1.82) is 0 Å². The molecule has 5 nitrogen and oxygen atoms in total. The fourth-order valence-corrected chi connectivity index (χ4v) is 4.79. The predicted octanol–water partition coefficient (Wildman–Crippen LogP) is 3.11. The van der Waals surface area contributed by atoms with Crippen molar-refractivity contribution >= 4 is 17.7 Å². The molecule has 3 aliphatic rings. The van der Waals surface area contributed by atoms with Crippen LogP contribution in [0.15, 0.2) is 11.1 Å². The third kappa shape index (κ3) is 2.58. The lowest BCUT2D eigenvalue weighted by Gasteiger charge is -2.38. The van der Waals surface area contributed by atoms with Crippen molar-refractivity contribution in [2.24, 2.45) is 11.3 Å². The molecule has 0 radical (unpaired) electrons. The summed E-state index contributed by atoms with van der Waals surface area (Å²) in [5.74, 6) is -0.595. The number of carbonyl (C=O) groups excluding carboxylic acids is 3. The molecule has 24 heavy (non-hydrogen) atoms. The van der Waals surface area contributed by atoms with E-state index in [0.29, 0.717) is 30.4 Å². The van der Waals surface area contributed by atoms with Crippen molar-refractivity contribution in [3.05, 3.63) is 11.1 Å². The molecule has 0 saturated heterocycles. The predicted molar refractivity (Wildman–Crippen MR) is 87.1 cm³/mol. The molecule has 4 atom stereocenters. The first kappa shape index (κ1) is 17.2. The van der Waals surface area contributed by atoms with Crippen LogP contribution in [0.3, 0.4) is 0 Å². The molecule has 0 unspecified atom stereocenters. The number of Topliss-reactive ketones (excluding diaryl/α,β-unsaturated/α-hetero) is 1. The van der Waals surface area contributed by atoms with E-state index in [9.17, 15) is 14.4 Å². The SMILES string of the molecule is CCCCCCC1=C2C(=O)C[C@H]3C[C@H](OC(C)=O)[C@@H](OC1=O)[C@@]23C. The summed E-state index contributed by atoms with van der Waals surface area (Å²) in [6.07, 6.45) is 4.85. The van der Waals surface area contributed by atoms with E-state index in [-0.39, 0.29) is 17.7 Å². The Morgan fingerprint density at radius 3 is 2.71 bits per heavy atom. The quantitative estimate of drug-likeness (QED) is 0.551. The smallest absolute Gasteiger partial charge is 0.334 e. The van der Waals surface area contributed by atoms with Crippen LogP contribution in [0.4, 0.5) is 0 Å². The van der Waals surface area contributed by atoms with E-state index < -0.39 is 23.6 Å². The summed E-state index contributed by atoms with van der Waals surface area (Å²) in [5.41, 5.74) is 0.742. The van der Waals surface area contributed by atoms with Crippen LogP contribution in [0.1, 0.15) is 65.7 Å². The molecule has 0 bridgehead atoms. The van der Waals surface area contributed by atoms with Crippen molar-refractivity contribution < 1.29 is 23.9 Å². The Balaban J connectivity index is 1.90. The lowest BCUT2D eigenvalue weighted by atomic mass is 9.73. The zero-order valence-corrected chi connectivity index (χ0v) is 14.7. The highest BCUT2D eigenvalue weighted by molar-refractivity contribution is 6.08. The monoisotopic (exact) mass is 334 g/mol. The maximum Gasteiger partial charge on any atom is 0.334 e. The van der Waals surface area contributed by atoms with Gasteiger partial charge in [0.2, 0.25) is 0 Å². The maximum absolute atomic E-state index is 12.6. The molecule has 0 spiro atoms. The fourth-order valence-electron chi connectivity index (χ4n) is 4.79. The minimum atomic E-state index is -0.528. The van der Waals surface area contributed by atoms with Crippen LogP contribution in [0.25, 0.3) is 0 Å². The maximum atomic E-state index is 12.6. The lowest BCUT2D eigenvalue weighted by Crippen LogP contribution is -2.46. The van der Waals surface area contributed by atoms with Crippen molar-refractivity contribution in [3.8, 4) is 0 Å². The standard InChI is InChI=1S/C19H26O5/c1-4-5-6-7-8-13-16-14(21)9-12-10-15(23-11(2)20)17(19(12,16)3)24-18(13)22/h12,15,17H,4-10H2,1-3H3/t12-,15-,17+,19+/m0/s1. The summed E-state index contributed by atoms with van der Waals surface area (Å²) in [7, 11) is 0. The largest absolute Gasteiger partial charge is 0.459 e. The molecular formula is C19H26O5. The first-order chi connectivity index (χ1) is 11.4. The first-order valence-corrected chi connectivity index (χ1v) is 9.04. The highest BCUT2D eigenvalue weighted by atomic mass is 16.6. The molecular weight excluding hydrogens is 308 g/mol. The summed E-state index contributed by atoms with van der Waals surface area (Å²) < 4.78 is 11.1. The van der Waals surface area contributed by atoms with Gasteiger partial charge < -0.3 is 9.47 Å². The van der Waals surface area contributed by atoms with Crippen LogP contribution < -0.4 is 0 Å². The van der Waals surface area contributed by atoms with Gasteiger partial charge >= 0.3 is 11.9 Å². The average molecular weight is 334 g/mol. The second kappa shape index (κ2) is 6.34. The molecule has 0 amide bonds. The van der Waals surface area contributed by atoms with E-state index in [0.717, 1.165) is 25.7 Å². The van der Waals surface area contributed by atoms with Crippen LogP contribution in [0.5, 0.6) is 0 Å². The van der Waals surface area contributed by atoms with Gasteiger partial charge in [0, 0.05) is 29.9 Å². The highest BCUT2D eigenvalue weighted by Crippen LogP contribution is 2.60. The van der Waals surface area contributed by atoms with Gasteiger partial charge in [0.15, 0.2) is 5.78 Å². The fraction of sp³-hybridized carbons (Fsp3) is 0.737. The Hall–Kier alpha value is -1.65. The lowest BCUT2D eigenvalue weighted by molar-refractivity contribution is -0.169. The molecule has 1 aliphatic heterocycles. The molecule has 3 rings (SSSR count). The highest BCUT2D eigenvalue weighted by Gasteiger charge is 2.65. The van der Waals surface area contributed by atoms with Crippen molar-refractivity contribution in [2.45, 2.75) is 77.9 Å². The van der Waals surface area contributed by atoms with Crippen LogP contribution in [-0.2, 0) is 23.9 Å². The second-order valence-corrected chi connectivity index (χ2v) is 7.48. The molecule has 2 fully saturated rings. The van der Waals surface area contributed by atoms with Gasteiger partial charge in [-0.1, -0.05) is 33.1 Å². The number of esters is 2. The summed E-state index contributed by atoms with van der Waals surface area (Å²) >= 11 is 0. The van der Waals surface area contributed by atoms with E-state index >= 15 is 0 Å². The Labute approximate surface area is 142 Å². The zero-order valence-electron chi connectivity index (χ0n) is 14.7. The zero-order chi connectivity index (χ0) is 17.5. The minimum Gasteiger partial charge on any atom is -0.459 e. The van der Waals surface area contributed by atoms with E-state index in [2.05, 4.69) is 6.92 Å². The van der Waals surface area contributed by atoms with E-state index in [1.165, 1.54) is 6.92 Å². The number of hydrogen-bond donors (Lipinski definition) is 0. The van der Waals surface area contributed by atoms with Gasteiger partial charge in [-0.3, -0.25) is 9.59 Å². The van der Waals surface area contributed by atoms with Crippen LogP contribution in [0, 0.1) is 11.3 Å². The number of hydrogen-bond acceptors (Lipinski definition) is 5.